The number of aliphatic hydroxyl groups is 1. The Hall–Kier alpha value is -1.63. The van der Waals surface area contributed by atoms with Gasteiger partial charge in [0.25, 0.3) is 0 Å². The molecule has 27 heavy (non-hydrogen) atoms. The van der Waals surface area contributed by atoms with E-state index in [0.29, 0.717) is 0 Å². The summed E-state index contributed by atoms with van der Waals surface area (Å²) in [7, 11) is -3.04. The summed E-state index contributed by atoms with van der Waals surface area (Å²) in [6.45, 7) is 4.06. The Morgan fingerprint density at radius 2 is 1.41 bits per heavy atom. The molecule has 0 saturated heterocycles. The molecule has 3 rings (SSSR count). The Labute approximate surface area is 163 Å². The number of hydrogen-bond donors (Lipinski definition) is 1. The van der Waals surface area contributed by atoms with E-state index in [1.165, 1.54) is 6.42 Å². The molecule has 3 heteroatoms. The summed E-state index contributed by atoms with van der Waals surface area (Å²) in [5.41, 5.74) is 0.706. The van der Waals surface area contributed by atoms with Crippen molar-refractivity contribution in [2.45, 2.75) is 57.7 Å². The Morgan fingerprint density at radius 1 is 0.926 bits per heavy atom. The van der Waals surface area contributed by atoms with Gasteiger partial charge in [0.05, 0.1) is 11.8 Å². The lowest BCUT2D eigenvalue weighted by Gasteiger charge is -2.36. The van der Waals surface area contributed by atoms with Gasteiger partial charge in [0.2, 0.25) is 0 Å². The van der Waals surface area contributed by atoms with Gasteiger partial charge in [0.1, 0.15) is 0 Å². The van der Waals surface area contributed by atoms with Crippen LogP contribution in [0.25, 0.3) is 0 Å². The number of aliphatic hydroxyl groups excluding tert-OH is 1. The fourth-order valence-corrected chi connectivity index (χ4v) is 7.71. The van der Waals surface area contributed by atoms with Crippen molar-refractivity contribution in [3.63, 3.8) is 0 Å². The predicted octanol–water partition coefficient (Wildman–Crippen LogP) is 5.28. The maximum atomic E-state index is 14.7. The van der Waals surface area contributed by atoms with Gasteiger partial charge in [-0.25, -0.2) is 0 Å². The van der Waals surface area contributed by atoms with Crippen LogP contribution in [0.3, 0.4) is 0 Å². The zero-order chi connectivity index (χ0) is 19.3. The molecular weight excluding hydrogens is 351 g/mol. The van der Waals surface area contributed by atoms with E-state index in [2.05, 4.69) is 6.08 Å². The lowest BCUT2D eigenvalue weighted by Crippen LogP contribution is -2.38. The fourth-order valence-electron chi connectivity index (χ4n) is 4.31. The zero-order valence-electron chi connectivity index (χ0n) is 16.4. The van der Waals surface area contributed by atoms with Gasteiger partial charge in [0, 0.05) is 10.6 Å². The zero-order valence-corrected chi connectivity index (χ0v) is 17.3. The predicted molar refractivity (Wildman–Crippen MR) is 116 cm³/mol. The van der Waals surface area contributed by atoms with Crippen LogP contribution in [0.5, 0.6) is 0 Å². The molecule has 144 valence electrons. The second kappa shape index (κ2) is 9.04. The first-order valence-electron chi connectivity index (χ1n) is 10.1. The van der Waals surface area contributed by atoms with Crippen LogP contribution < -0.4 is 10.6 Å². The SMILES string of the molecule is CC(C)=C[C@H]([C@@H](O)C1CCCCC1)P(=O)(c1ccccc1)c1ccccc1. The van der Waals surface area contributed by atoms with Crippen LogP contribution in [0.1, 0.15) is 46.0 Å². The number of rotatable bonds is 6. The highest BCUT2D eigenvalue weighted by Gasteiger charge is 2.42. The van der Waals surface area contributed by atoms with E-state index in [0.717, 1.165) is 41.9 Å². The molecule has 0 amide bonds. The smallest absolute Gasteiger partial charge is 0.152 e. The first-order valence-corrected chi connectivity index (χ1v) is 11.8. The summed E-state index contributed by atoms with van der Waals surface area (Å²) < 4.78 is 14.7. The molecule has 0 radical (unpaired) electrons. The van der Waals surface area contributed by atoms with Gasteiger partial charge in [-0.3, -0.25) is 0 Å². The Bertz CT molecular complexity index is 744. The standard InChI is InChI=1S/C24H31O2P/c1-19(2)18-23(24(25)20-12-6-3-7-13-20)27(26,21-14-8-4-9-15-21)22-16-10-5-11-17-22/h4-5,8-11,14-18,20,23-25H,3,6-7,12-13H2,1-2H3/t23-,24+/m1/s1. The topological polar surface area (TPSA) is 37.3 Å². The lowest BCUT2D eigenvalue weighted by atomic mass is 9.84. The number of allylic oxidation sites excluding steroid dienone is 1. The summed E-state index contributed by atoms with van der Waals surface area (Å²) in [6, 6.07) is 19.5. The second-order valence-corrected chi connectivity index (χ2v) is 10.9. The summed E-state index contributed by atoms with van der Waals surface area (Å²) in [5, 5.41) is 13.1. The third kappa shape index (κ3) is 4.45. The van der Waals surface area contributed by atoms with E-state index in [1.807, 2.05) is 74.5 Å². The average Bonchev–Trinajstić information content (AvgIpc) is 2.73. The second-order valence-electron chi connectivity index (χ2n) is 7.95. The molecule has 1 saturated carbocycles. The summed E-state index contributed by atoms with van der Waals surface area (Å²) in [4.78, 5) is 0. The number of benzene rings is 2. The van der Waals surface area contributed by atoms with Gasteiger partial charge in [-0.05, 0) is 32.6 Å². The van der Waals surface area contributed by atoms with E-state index in [4.69, 9.17) is 0 Å². The van der Waals surface area contributed by atoms with Crippen LogP contribution in [-0.2, 0) is 4.57 Å². The molecule has 0 aliphatic heterocycles. The maximum Gasteiger partial charge on any atom is 0.152 e. The molecule has 1 N–H and O–H groups in total. The number of hydrogen-bond acceptors (Lipinski definition) is 2. The van der Waals surface area contributed by atoms with Crippen molar-refractivity contribution in [2.75, 3.05) is 0 Å². The van der Waals surface area contributed by atoms with Gasteiger partial charge < -0.3 is 9.67 Å². The third-order valence-corrected chi connectivity index (χ3v) is 9.11. The monoisotopic (exact) mass is 382 g/mol. The van der Waals surface area contributed by atoms with E-state index >= 15 is 0 Å². The van der Waals surface area contributed by atoms with Crippen LogP contribution in [-0.4, -0.2) is 16.9 Å². The average molecular weight is 382 g/mol. The molecule has 0 bridgehead atoms. The van der Waals surface area contributed by atoms with Gasteiger partial charge in [-0.1, -0.05) is 91.6 Å². The third-order valence-electron chi connectivity index (χ3n) is 5.69. The molecule has 2 aromatic carbocycles. The Balaban J connectivity index is 2.14. The highest BCUT2D eigenvalue weighted by Crippen LogP contribution is 2.52. The summed E-state index contributed by atoms with van der Waals surface area (Å²) >= 11 is 0. The highest BCUT2D eigenvalue weighted by molar-refractivity contribution is 7.79. The van der Waals surface area contributed by atoms with Crippen LogP contribution in [0.4, 0.5) is 0 Å². The first-order chi connectivity index (χ1) is 13.0. The minimum absolute atomic E-state index is 0.222. The van der Waals surface area contributed by atoms with E-state index in [9.17, 15) is 9.67 Å². The Kier molecular flexibility index (Phi) is 6.73. The van der Waals surface area contributed by atoms with Crippen molar-refractivity contribution in [1.29, 1.82) is 0 Å². The van der Waals surface area contributed by atoms with Crippen molar-refractivity contribution in [3.8, 4) is 0 Å². The largest absolute Gasteiger partial charge is 0.392 e. The van der Waals surface area contributed by atoms with Crippen molar-refractivity contribution < 1.29 is 9.67 Å². The minimum atomic E-state index is -3.04. The van der Waals surface area contributed by atoms with Crippen molar-refractivity contribution in [3.05, 3.63) is 72.3 Å². The molecule has 1 aliphatic carbocycles. The highest BCUT2D eigenvalue weighted by atomic mass is 31.2. The maximum absolute atomic E-state index is 14.7. The van der Waals surface area contributed by atoms with Crippen molar-refractivity contribution >= 4 is 17.8 Å². The molecule has 1 fully saturated rings. The molecule has 1 aliphatic rings. The van der Waals surface area contributed by atoms with E-state index in [1.54, 1.807) is 0 Å². The summed E-state index contributed by atoms with van der Waals surface area (Å²) in [6.07, 6.45) is 7.07. The normalized spacial score (nSPS) is 17.9. The summed E-state index contributed by atoms with van der Waals surface area (Å²) in [5.74, 6) is 0.222. The van der Waals surface area contributed by atoms with Crippen LogP contribution in [0.2, 0.25) is 0 Å². The van der Waals surface area contributed by atoms with Crippen LogP contribution in [0.15, 0.2) is 72.3 Å². The molecule has 0 heterocycles. The van der Waals surface area contributed by atoms with Crippen LogP contribution in [0, 0.1) is 5.92 Å². The van der Waals surface area contributed by atoms with E-state index < -0.39 is 18.9 Å². The van der Waals surface area contributed by atoms with E-state index in [-0.39, 0.29) is 5.92 Å². The van der Waals surface area contributed by atoms with Gasteiger partial charge in [-0.2, -0.15) is 0 Å². The molecule has 2 nitrogen and oxygen atoms in total. The van der Waals surface area contributed by atoms with Gasteiger partial charge >= 0.3 is 0 Å². The quantitative estimate of drug-likeness (QED) is 0.545. The minimum Gasteiger partial charge on any atom is -0.392 e. The first kappa shape index (κ1) is 20.1. The molecular formula is C24H31O2P. The molecule has 2 aromatic rings. The Morgan fingerprint density at radius 3 is 1.85 bits per heavy atom. The lowest BCUT2D eigenvalue weighted by molar-refractivity contribution is 0.0894. The van der Waals surface area contributed by atoms with Gasteiger partial charge in [-0.15, -0.1) is 0 Å². The molecule has 0 unspecified atom stereocenters. The molecule has 2 atom stereocenters. The molecule has 0 spiro atoms. The fraction of sp³-hybridized carbons (Fsp3) is 0.417. The van der Waals surface area contributed by atoms with Crippen LogP contribution >= 0.6 is 7.14 Å². The van der Waals surface area contributed by atoms with Crippen molar-refractivity contribution in [1.82, 2.24) is 0 Å². The molecule has 0 aromatic heterocycles. The van der Waals surface area contributed by atoms with Crippen molar-refractivity contribution in [2.24, 2.45) is 5.92 Å². The van der Waals surface area contributed by atoms with Gasteiger partial charge in [0.15, 0.2) is 7.14 Å².